The summed E-state index contributed by atoms with van der Waals surface area (Å²) >= 11 is 0. The van der Waals surface area contributed by atoms with Gasteiger partial charge in [0.05, 0.1) is 6.54 Å². The molecule has 0 aliphatic carbocycles. The van der Waals surface area contributed by atoms with Gasteiger partial charge in [0.1, 0.15) is 0 Å². The van der Waals surface area contributed by atoms with Crippen LogP contribution in [0.15, 0.2) is 0 Å². The second kappa shape index (κ2) is 6.93. The van der Waals surface area contributed by atoms with Crippen LogP contribution in [0.4, 0.5) is 4.79 Å². The third kappa shape index (κ3) is 7.82. The predicted octanol–water partition coefficient (Wildman–Crippen LogP) is -2.15. The van der Waals surface area contributed by atoms with Gasteiger partial charge >= 0.3 is 43.8 Å². The first-order valence-electron chi connectivity index (χ1n) is 3.08. The van der Waals surface area contributed by atoms with Gasteiger partial charge in [-0.1, -0.05) is 0 Å². The number of nitrogens with one attached hydrogen (secondary N) is 2. The quantitative estimate of drug-likeness (QED) is 0.344. The van der Waals surface area contributed by atoms with Crippen molar-refractivity contribution in [2.75, 3.05) is 13.6 Å². The van der Waals surface area contributed by atoms with Gasteiger partial charge in [0.2, 0.25) is 5.91 Å². The van der Waals surface area contributed by atoms with E-state index >= 15 is 0 Å². The maximum absolute atomic E-state index is 10.4. The van der Waals surface area contributed by atoms with Crippen molar-refractivity contribution in [3.05, 3.63) is 0 Å². The number of amides is 3. The number of guanidine groups is 1. The van der Waals surface area contributed by atoms with Crippen LogP contribution < -0.4 is 16.8 Å². The van der Waals surface area contributed by atoms with Crippen LogP contribution in [0, 0.1) is 5.41 Å². The number of urea groups is 1. The molecular weight excluding hydrogens is 202 g/mol. The molecule has 0 radical (unpaired) electrons. The second-order valence-electron chi connectivity index (χ2n) is 2.16. The van der Waals surface area contributed by atoms with Gasteiger partial charge in [0, 0.05) is 7.05 Å². The number of nitrogens with zero attached hydrogens (tertiary/aromatic N) is 1. The summed E-state index contributed by atoms with van der Waals surface area (Å²) in [6.07, 6.45) is 0. The SMILES string of the molecule is CN1CC(=O)NC1=N.NC(N)=O.[Ca+2].[H-].[H-]. The van der Waals surface area contributed by atoms with Crippen molar-refractivity contribution in [3.8, 4) is 0 Å². The fraction of sp³-hybridized carbons (Fsp3) is 0.400. The Bertz CT molecular complexity index is 223. The summed E-state index contributed by atoms with van der Waals surface area (Å²) in [6.45, 7) is 0.318. The number of carbonyl (C=O) groups is 2. The van der Waals surface area contributed by atoms with E-state index in [4.69, 9.17) is 10.2 Å². The summed E-state index contributed by atoms with van der Waals surface area (Å²) in [5.74, 6) is 0.0903. The third-order valence-corrected chi connectivity index (χ3v) is 1.02. The van der Waals surface area contributed by atoms with E-state index in [0.717, 1.165) is 0 Å². The van der Waals surface area contributed by atoms with E-state index < -0.39 is 6.03 Å². The van der Waals surface area contributed by atoms with Crippen LogP contribution in [0.1, 0.15) is 2.85 Å². The minimum atomic E-state index is -0.833. The molecule has 7 nitrogen and oxygen atoms in total. The predicted molar refractivity (Wildman–Crippen MR) is 50.2 cm³/mol. The van der Waals surface area contributed by atoms with Crippen molar-refractivity contribution >= 4 is 55.6 Å². The molecule has 1 aliphatic rings. The van der Waals surface area contributed by atoms with E-state index in [1.807, 2.05) is 0 Å². The van der Waals surface area contributed by atoms with E-state index in [-0.39, 0.29) is 52.5 Å². The first kappa shape index (κ1) is 15.0. The molecule has 1 aliphatic heterocycles. The van der Waals surface area contributed by atoms with Gasteiger partial charge in [-0.05, 0) is 0 Å². The summed E-state index contributed by atoms with van der Waals surface area (Å²) in [7, 11) is 1.69. The summed E-state index contributed by atoms with van der Waals surface area (Å²) < 4.78 is 0. The molecule has 8 heteroatoms. The average Bonchev–Trinajstić information content (AvgIpc) is 2.08. The van der Waals surface area contributed by atoms with Gasteiger partial charge < -0.3 is 19.2 Å². The zero-order chi connectivity index (χ0) is 9.72. The molecule has 0 aromatic heterocycles. The van der Waals surface area contributed by atoms with Crippen LogP contribution >= 0.6 is 0 Å². The van der Waals surface area contributed by atoms with E-state index in [1.165, 1.54) is 0 Å². The van der Waals surface area contributed by atoms with Crippen molar-refractivity contribution in [1.82, 2.24) is 10.2 Å². The van der Waals surface area contributed by atoms with Crippen molar-refractivity contribution in [3.63, 3.8) is 0 Å². The molecule has 0 spiro atoms. The number of rotatable bonds is 0. The molecule has 1 heterocycles. The Labute approximate surface area is 108 Å². The molecule has 1 rings (SSSR count). The Morgan fingerprint density at radius 2 is 2.08 bits per heavy atom. The Balaban J connectivity index is -0.0000000779. The summed E-state index contributed by atoms with van der Waals surface area (Å²) in [6, 6.07) is -0.833. The van der Waals surface area contributed by atoms with Gasteiger partial charge in [-0.3, -0.25) is 15.5 Å². The molecule has 0 aromatic rings. The van der Waals surface area contributed by atoms with Crippen LogP contribution in [0.2, 0.25) is 0 Å². The number of hydrogen-bond acceptors (Lipinski definition) is 3. The number of carbonyl (C=O) groups excluding carboxylic acids is 2. The van der Waals surface area contributed by atoms with Crippen molar-refractivity contribution in [2.24, 2.45) is 11.5 Å². The summed E-state index contributed by atoms with van der Waals surface area (Å²) in [4.78, 5) is 20.9. The topological polar surface area (TPSA) is 125 Å². The van der Waals surface area contributed by atoms with Gasteiger partial charge in [0.25, 0.3) is 0 Å². The molecule has 72 valence electrons. The molecule has 3 amide bonds. The van der Waals surface area contributed by atoms with Gasteiger partial charge in [-0.15, -0.1) is 0 Å². The number of primary amides is 2. The van der Waals surface area contributed by atoms with Crippen molar-refractivity contribution < 1.29 is 12.4 Å². The normalized spacial score (nSPS) is 13.8. The van der Waals surface area contributed by atoms with E-state index in [1.54, 1.807) is 11.9 Å². The maximum Gasteiger partial charge on any atom is 2.00 e. The summed E-state index contributed by atoms with van der Waals surface area (Å²) in [5.41, 5.74) is 8.50. The van der Waals surface area contributed by atoms with Crippen molar-refractivity contribution in [1.29, 1.82) is 5.41 Å². The zero-order valence-electron chi connectivity index (χ0n) is 9.33. The standard InChI is InChI=1S/C4H7N3O.CH4N2O.Ca.2H/c1-7-2-3(8)6-4(7)5;2-1(3)4;;;/h2H2,1H3,(H2,5,6,8);(H4,2,3,4);;;/q;;+2;2*-1. The first-order valence-corrected chi connectivity index (χ1v) is 3.08. The molecule has 0 saturated carbocycles. The molecule has 0 atom stereocenters. The molecule has 13 heavy (non-hydrogen) atoms. The average molecular weight is 215 g/mol. The molecule has 0 unspecified atom stereocenters. The molecule has 1 saturated heterocycles. The molecule has 0 bridgehead atoms. The second-order valence-corrected chi connectivity index (χ2v) is 2.16. The van der Waals surface area contributed by atoms with Gasteiger partial charge in [-0.2, -0.15) is 0 Å². The van der Waals surface area contributed by atoms with E-state index in [9.17, 15) is 4.79 Å². The van der Waals surface area contributed by atoms with E-state index in [0.29, 0.717) is 6.54 Å². The Kier molecular flexibility index (Phi) is 7.98. The van der Waals surface area contributed by atoms with Crippen LogP contribution in [-0.2, 0) is 4.79 Å². The fourth-order valence-corrected chi connectivity index (χ4v) is 0.561. The number of nitrogens with two attached hydrogens (primary N) is 2. The molecule has 6 N–H and O–H groups in total. The fourth-order valence-electron chi connectivity index (χ4n) is 0.561. The molecular formula is C5H13CaN5O2. The largest absolute Gasteiger partial charge is 2.00 e. The Morgan fingerprint density at radius 3 is 2.15 bits per heavy atom. The zero-order valence-corrected chi connectivity index (χ0v) is 9.54. The Hall–Kier alpha value is -0.530. The minimum Gasteiger partial charge on any atom is -1.00 e. The Morgan fingerprint density at radius 1 is 1.69 bits per heavy atom. The smallest absolute Gasteiger partial charge is 1.00 e. The van der Waals surface area contributed by atoms with Crippen LogP contribution in [0.5, 0.6) is 0 Å². The maximum atomic E-state index is 10.4. The number of hydrogen-bond donors (Lipinski definition) is 4. The number of likely N-dealkylation sites (N-methyl/N-ethyl adjacent to an activating group) is 1. The van der Waals surface area contributed by atoms with Crippen molar-refractivity contribution in [2.45, 2.75) is 0 Å². The van der Waals surface area contributed by atoms with Crippen LogP contribution in [0.3, 0.4) is 0 Å². The summed E-state index contributed by atoms with van der Waals surface area (Å²) in [5, 5.41) is 9.32. The van der Waals surface area contributed by atoms with Crippen LogP contribution in [0.25, 0.3) is 0 Å². The van der Waals surface area contributed by atoms with Crippen LogP contribution in [-0.4, -0.2) is 74.1 Å². The monoisotopic (exact) mass is 215 g/mol. The minimum absolute atomic E-state index is 0. The van der Waals surface area contributed by atoms with E-state index in [2.05, 4.69) is 16.8 Å². The van der Waals surface area contributed by atoms with Gasteiger partial charge in [-0.25, -0.2) is 4.79 Å². The third-order valence-electron chi connectivity index (χ3n) is 1.02. The van der Waals surface area contributed by atoms with Gasteiger partial charge in [0.15, 0.2) is 5.96 Å². The first-order chi connectivity index (χ1) is 5.43. The molecule has 1 fully saturated rings. The molecule has 0 aromatic carbocycles.